The van der Waals surface area contributed by atoms with Crippen LogP contribution in [0.25, 0.3) is 0 Å². The van der Waals surface area contributed by atoms with Gasteiger partial charge in [-0.2, -0.15) is 0 Å². The van der Waals surface area contributed by atoms with E-state index in [9.17, 15) is 62.6 Å². The van der Waals surface area contributed by atoms with Gasteiger partial charge in [-0.3, -0.25) is 67.4 Å². The Hall–Kier alpha value is -7.75. The van der Waals surface area contributed by atoms with Crippen LogP contribution in [-0.2, 0) is 68.6 Å². The number of aliphatic hydroxyl groups is 1. The lowest BCUT2D eigenvalue weighted by molar-refractivity contribution is -0.143. The van der Waals surface area contributed by atoms with Crippen molar-refractivity contribution in [3.8, 4) is 0 Å². The minimum atomic E-state index is -1.22. The van der Waals surface area contributed by atoms with E-state index in [4.69, 9.17) is 19.2 Å². The van der Waals surface area contributed by atoms with E-state index < -0.39 is 95.1 Å². The van der Waals surface area contributed by atoms with Crippen molar-refractivity contribution in [1.82, 2.24) is 50.8 Å². The number of unbranched alkanes of at least 4 members (excludes halogenated alkanes) is 1. The monoisotopic (exact) mass is 1290 g/mol. The number of nitrogens with zero attached hydrogens (tertiary/aromatic N) is 6. The molecule has 27 heteroatoms. The topological polar surface area (TPSA) is 330 Å². The summed E-state index contributed by atoms with van der Waals surface area (Å²) in [5, 5.41) is 22.2. The number of benzene rings is 1. The first-order valence-electron chi connectivity index (χ1n) is 31.0. The second-order valence-corrected chi connectivity index (χ2v) is 24.9. The van der Waals surface area contributed by atoms with Gasteiger partial charge in [-0.15, -0.1) is 11.3 Å². The maximum atomic E-state index is 14.8. The molecule has 502 valence electrons. The van der Waals surface area contributed by atoms with Crippen molar-refractivity contribution in [2.75, 3.05) is 80.2 Å². The molecule has 0 saturated heterocycles. The molecule has 0 fully saturated rings. The van der Waals surface area contributed by atoms with Crippen molar-refractivity contribution in [2.24, 2.45) is 17.8 Å². The average Bonchev–Trinajstić information content (AvgIpc) is 3.04. The van der Waals surface area contributed by atoms with E-state index in [1.807, 2.05) is 91.7 Å². The van der Waals surface area contributed by atoms with E-state index in [0.29, 0.717) is 25.7 Å². The molecule has 0 aliphatic carbocycles. The number of ketones is 1. The van der Waals surface area contributed by atoms with Gasteiger partial charge < -0.3 is 50.4 Å². The summed E-state index contributed by atoms with van der Waals surface area (Å²) in [6.07, 6.45) is 2.95. The lowest BCUT2D eigenvalue weighted by atomic mass is 9.81. The fourth-order valence-corrected chi connectivity index (χ4v) is 11.0. The summed E-state index contributed by atoms with van der Waals surface area (Å²) in [6, 6.07) is 5.46. The Morgan fingerprint density at radius 3 is 1.98 bits per heavy atom. The van der Waals surface area contributed by atoms with E-state index >= 15 is 0 Å². The highest BCUT2D eigenvalue weighted by molar-refractivity contribution is 7.09. The number of imide groups is 2. The summed E-state index contributed by atoms with van der Waals surface area (Å²) < 4.78 is 16.8. The third kappa shape index (κ3) is 24.1. The van der Waals surface area contributed by atoms with Crippen LogP contribution < -0.4 is 21.3 Å². The number of likely N-dealkylation sites (N-methyl/N-ethyl adjacent to an activating group) is 1. The minimum Gasteiger partial charge on any atom is -0.465 e. The smallest absolute Gasteiger partial charge is 0.408 e. The molecule has 2 aromatic rings. The normalized spacial score (nSPS) is 15.5. The number of ether oxygens (including phenoxy) is 3. The van der Waals surface area contributed by atoms with Gasteiger partial charge in [0.15, 0.2) is 11.9 Å². The van der Waals surface area contributed by atoms with Gasteiger partial charge in [-0.1, -0.05) is 63.9 Å². The van der Waals surface area contributed by atoms with Crippen molar-refractivity contribution in [3.05, 3.63) is 75.8 Å². The molecule has 0 spiro atoms. The maximum absolute atomic E-state index is 14.8. The maximum Gasteiger partial charge on any atom is 0.408 e. The van der Waals surface area contributed by atoms with E-state index in [1.165, 1.54) is 10.3 Å². The summed E-state index contributed by atoms with van der Waals surface area (Å²) in [7, 11) is 5.27. The number of aryl methyl sites for hydroxylation is 1. The zero-order chi connectivity index (χ0) is 67.5. The molecule has 5 N–H and O–H groups in total. The third-order valence-electron chi connectivity index (χ3n) is 16.6. The number of Topliss-reactive ketones (excluding diaryl/α,β-unsaturated/α-hetero) is 1. The Labute approximate surface area is 537 Å². The summed E-state index contributed by atoms with van der Waals surface area (Å²) >= 11 is 1.05. The average molecular weight is 1290 g/mol. The lowest BCUT2D eigenvalue weighted by Gasteiger charge is -2.38. The van der Waals surface area contributed by atoms with Crippen LogP contribution in [-0.4, -0.2) is 216 Å². The van der Waals surface area contributed by atoms with Crippen LogP contribution in [0.4, 0.5) is 4.79 Å². The number of hydrogen-bond acceptors (Lipinski definition) is 19. The molecular formula is C64H94N10O16S. The van der Waals surface area contributed by atoms with E-state index in [1.54, 1.807) is 18.9 Å². The van der Waals surface area contributed by atoms with E-state index in [-0.39, 0.29) is 138 Å². The molecule has 26 nitrogen and oxygen atoms in total. The number of hydrogen-bond donors (Lipinski definition) is 5. The molecule has 2 aliphatic heterocycles. The first kappa shape index (κ1) is 75.7. The predicted octanol–water partition coefficient (Wildman–Crippen LogP) is 3.59. The molecule has 7 atom stereocenters. The van der Waals surface area contributed by atoms with Crippen LogP contribution in [0.3, 0.4) is 0 Å². The zero-order valence-corrected chi connectivity index (χ0v) is 55.3. The molecule has 4 rings (SSSR count). The standard InChI is InChI=1S/C64H94N10O16S/c1-12-43(5)47(37-52(77)64(7,8)70(9)10)62(86)71(11)50(41(2)3)38-51(61-68-49(39-91-61)60(85)67-46(35-44(6)89-40-76)36-45-18-16-42(4)17-19-45)90-63(87)69-48(59(84)66-27-33-88-34-32-75)15-13-14-26-65-53(78)20-21-54(79)72(28-30-73-55(80)22-23-56(73)81)29-31-74-57(82)24-25-58(74)83/h16-19,22-25,39-41,43-44,46-48,50-51,75H,12-15,20-21,26-38H2,1-11H3,(H,65,78)(H,66,84)(H,67,85)(H,69,87)/t43?,44?,46-,47+,48?,50-,51-/m1/s1. The Morgan fingerprint density at radius 1 is 0.802 bits per heavy atom. The van der Waals surface area contributed by atoms with Gasteiger partial charge in [0.05, 0.1) is 25.4 Å². The van der Waals surface area contributed by atoms with Gasteiger partial charge in [0, 0.05) is 126 Å². The van der Waals surface area contributed by atoms with Gasteiger partial charge in [-0.05, 0) is 84.9 Å². The van der Waals surface area contributed by atoms with Crippen molar-refractivity contribution in [3.63, 3.8) is 0 Å². The molecule has 0 saturated carbocycles. The van der Waals surface area contributed by atoms with Crippen molar-refractivity contribution >= 4 is 82.9 Å². The Kier molecular flexibility index (Phi) is 31.2. The summed E-state index contributed by atoms with van der Waals surface area (Å²) in [5.41, 5.74) is 1.13. The zero-order valence-electron chi connectivity index (χ0n) is 54.5. The van der Waals surface area contributed by atoms with Crippen molar-refractivity contribution in [2.45, 2.75) is 155 Å². The molecule has 3 unspecified atom stereocenters. The molecule has 10 amide bonds. The highest BCUT2D eigenvalue weighted by atomic mass is 32.1. The number of carbonyl (C=O) groups excluding carboxylic acids is 12. The van der Waals surface area contributed by atoms with Crippen LogP contribution in [0, 0.1) is 24.7 Å². The Morgan fingerprint density at radius 2 is 1.42 bits per heavy atom. The Bertz CT molecular complexity index is 2810. The van der Waals surface area contributed by atoms with Crippen molar-refractivity contribution < 1.29 is 76.9 Å². The fourth-order valence-electron chi connectivity index (χ4n) is 10.2. The first-order chi connectivity index (χ1) is 43.1. The quantitative estimate of drug-likeness (QED) is 0.0360. The summed E-state index contributed by atoms with van der Waals surface area (Å²) in [6.45, 7) is 14.8. The third-order valence-corrected chi connectivity index (χ3v) is 17.5. The molecule has 1 aromatic heterocycles. The molecule has 1 aromatic carbocycles. The van der Waals surface area contributed by atoms with Crippen LogP contribution in [0.5, 0.6) is 0 Å². The van der Waals surface area contributed by atoms with Gasteiger partial charge in [0.25, 0.3) is 36.0 Å². The molecule has 2 aliphatic rings. The van der Waals surface area contributed by atoms with Crippen LogP contribution in [0.15, 0.2) is 53.9 Å². The highest BCUT2D eigenvalue weighted by Crippen LogP contribution is 2.33. The van der Waals surface area contributed by atoms with Gasteiger partial charge in [0.2, 0.25) is 23.6 Å². The van der Waals surface area contributed by atoms with Gasteiger partial charge in [-0.25, -0.2) is 9.78 Å². The number of thiazole rings is 1. The number of aliphatic hydroxyl groups excluding tert-OH is 1. The summed E-state index contributed by atoms with van der Waals surface area (Å²) in [5.74, 6) is -5.91. The predicted molar refractivity (Wildman–Crippen MR) is 337 cm³/mol. The van der Waals surface area contributed by atoms with Gasteiger partial charge in [0.1, 0.15) is 22.8 Å². The molecular weight excluding hydrogens is 1200 g/mol. The number of alkyl carbamates (subject to hydrolysis) is 1. The molecule has 91 heavy (non-hydrogen) atoms. The largest absolute Gasteiger partial charge is 0.465 e. The second kappa shape index (κ2) is 37.6. The van der Waals surface area contributed by atoms with E-state index in [0.717, 1.165) is 56.6 Å². The summed E-state index contributed by atoms with van der Waals surface area (Å²) in [4.78, 5) is 169. The number of rotatable bonds is 42. The molecule has 0 radical (unpaired) electrons. The number of aromatic nitrogens is 1. The number of nitrogens with one attached hydrogen (secondary N) is 4. The molecule has 0 bridgehead atoms. The number of amides is 10. The van der Waals surface area contributed by atoms with Crippen LogP contribution in [0.2, 0.25) is 0 Å². The van der Waals surface area contributed by atoms with Gasteiger partial charge >= 0.3 is 6.09 Å². The Balaban J connectivity index is 1.55. The van der Waals surface area contributed by atoms with E-state index in [2.05, 4.69) is 21.3 Å². The minimum absolute atomic E-state index is 0.00398. The van der Waals surface area contributed by atoms with Crippen LogP contribution >= 0.6 is 11.3 Å². The molecule has 3 heterocycles. The lowest BCUT2D eigenvalue weighted by Crippen LogP contribution is -2.50. The second-order valence-electron chi connectivity index (χ2n) is 24.0. The number of carbonyl (C=O) groups is 12. The van der Waals surface area contributed by atoms with Crippen molar-refractivity contribution in [1.29, 1.82) is 0 Å². The van der Waals surface area contributed by atoms with Crippen LogP contribution in [0.1, 0.15) is 139 Å². The SMILES string of the molecule is CCC(C)[C@H](CC(=O)C(C)(C)N(C)C)C(=O)N(C)[C@H](C[C@@H](OC(=O)NC(CCCCNC(=O)CCC(=O)N(CCN1C(=O)C=CC1=O)CCN1C(=O)C=CC1=O)C(=O)NCCOCCO)c1nc(C(=O)N[C@@H](Cc2ccc(C)cc2)CC(C)OC=O)cs1)C(C)C. The first-order valence-corrected chi connectivity index (χ1v) is 31.9. The fraction of sp³-hybridized carbons (Fsp3) is 0.609. The highest BCUT2D eigenvalue weighted by Gasteiger charge is 2.40.